The van der Waals surface area contributed by atoms with Crippen molar-refractivity contribution in [1.82, 2.24) is 13.8 Å². The molecule has 2 fully saturated rings. The Morgan fingerprint density at radius 1 is 1.07 bits per heavy atom. The van der Waals surface area contributed by atoms with Crippen molar-refractivity contribution in [3.8, 4) is 5.75 Å². The minimum Gasteiger partial charge on any atom is -0.496 e. The second-order valence-electron chi connectivity index (χ2n) is 12.4. The normalized spacial score (nSPS) is 16.7. The maximum Gasteiger partial charge on any atom is 0.419 e. The number of piperidine rings is 1. The number of likely N-dealkylation sites (tertiary alicyclic amines) is 1. The van der Waals surface area contributed by atoms with Gasteiger partial charge in [-0.05, 0) is 95.8 Å². The molecule has 0 atom stereocenters. The van der Waals surface area contributed by atoms with Gasteiger partial charge in [0.1, 0.15) is 11.4 Å². The molecule has 3 aromatic rings. The summed E-state index contributed by atoms with van der Waals surface area (Å²) in [6, 6.07) is 11.2. The third-order valence-corrected chi connectivity index (χ3v) is 8.97. The van der Waals surface area contributed by atoms with Crippen molar-refractivity contribution in [3.05, 3.63) is 59.3 Å². The van der Waals surface area contributed by atoms with Crippen LogP contribution in [0.5, 0.6) is 5.75 Å². The fraction of sp³-hybridized carbons (Fsp3) is 0.515. The lowest BCUT2D eigenvalue weighted by Gasteiger charge is -2.53. The van der Waals surface area contributed by atoms with Crippen LogP contribution < -0.4 is 10.1 Å². The van der Waals surface area contributed by atoms with Crippen LogP contribution in [0.4, 0.5) is 10.5 Å². The molecule has 2 aliphatic rings. The Hall–Kier alpha value is -3.21. The molecule has 2 saturated heterocycles. The molecule has 5 rings (SSSR count). The summed E-state index contributed by atoms with van der Waals surface area (Å²) in [7, 11) is 4.90. The number of carbonyl (C=O) groups is 2. The number of carbonyl (C=O) groups excluding carboxylic acids is 2. The average Bonchev–Trinajstić information content (AvgIpc) is 3.43. The molecule has 0 aliphatic carbocycles. The molecule has 0 radical (unpaired) electrons. The standard InChI is InChI=1S/C24H35N3O3S.C9H11NO2/c1-17-13-20(29-5)19(14-25-11-8-24(9-12-25)15-26(16-24)31-6)18-7-10-27(21(17)18)22(28)30-23(2,3)4;1-10-8-5-3-4-7(6-8)9(11)12-2/h7,10,13H,8-9,11-12,14-16H2,1-6H3;3-6,10H,1-2H3. The summed E-state index contributed by atoms with van der Waals surface area (Å²) in [4.78, 5) is 26.4. The molecule has 2 aromatic carbocycles. The molecular weight excluding hydrogens is 564 g/mol. The number of benzene rings is 2. The van der Waals surface area contributed by atoms with Gasteiger partial charge in [-0.15, -0.1) is 0 Å². The van der Waals surface area contributed by atoms with Crippen LogP contribution in [-0.4, -0.2) is 85.1 Å². The number of rotatable bonds is 6. The molecule has 0 saturated carbocycles. The van der Waals surface area contributed by atoms with Gasteiger partial charge < -0.3 is 19.5 Å². The van der Waals surface area contributed by atoms with Crippen molar-refractivity contribution < 1.29 is 23.8 Å². The quantitative estimate of drug-likeness (QED) is 0.251. The number of nitrogens with one attached hydrogen (secondary N) is 1. The van der Waals surface area contributed by atoms with Crippen LogP contribution >= 0.6 is 11.9 Å². The summed E-state index contributed by atoms with van der Waals surface area (Å²) >= 11 is 1.86. The zero-order valence-corrected chi connectivity index (χ0v) is 27.6. The minimum absolute atomic E-state index is 0.313. The van der Waals surface area contributed by atoms with E-state index in [1.807, 2.05) is 64.0 Å². The lowest BCUT2D eigenvalue weighted by molar-refractivity contribution is 0.00424. The largest absolute Gasteiger partial charge is 0.496 e. The molecule has 234 valence electrons. The number of hydrogen-bond donors (Lipinski definition) is 1. The van der Waals surface area contributed by atoms with E-state index in [0.717, 1.165) is 53.1 Å². The molecule has 10 heteroatoms. The van der Waals surface area contributed by atoms with E-state index >= 15 is 0 Å². The number of aryl methyl sites for hydroxylation is 1. The summed E-state index contributed by atoms with van der Waals surface area (Å²) in [5, 5.41) is 4.01. The highest BCUT2D eigenvalue weighted by molar-refractivity contribution is 7.96. The Kier molecular flexibility index (Phi) is 10.4. The van der Waals surface area contributed by atoms with Crippen LogP contribution in [0.25, 0.3) is 10.9 Å². The number of fused-ring (bicyclic) bond motifs is 1. The van der Waals surface area contributed by atoms with Gasteiger partial charge in [-0.2, -0.15) is 0 Å². The van der Waals surface area contributed by atoms with E-state index in [1.54, 1.807) is 36.9 Å². The molecule has 1 N–H and O–H groups in total. The lowest BCUT2D eigenvalue weighted by Crippen LogP contribution is -2.57. The summed E-state index contributed by atoms with van der Waals surface area (Å²) < 4.78 is 20.1. The Balaban J connectivity index is 0.000000296. The smallest absolute Gasteiger partial charge is 0.419 e. The fourth-order valence-electron chi connectivity index (χ4n) is 5.85. The van der Waals surface area contributed by atoms with E-state index in [9.17, 15) is 9.59 Å². The predicted molar refractivity (Wildman–Crippen MR) is 174 cm³/mol. The van der Waals surface area contributed by atoms with Gasteiger partial charge in [0.2, 0.25) is 0 Å². The predicted octanol–water partition coefficient (Wildman–Crippen LogP) is 6.43. The summed E-state index contributed by atoms with van der Waals surface area (Å²) in [5.41, 5.74) is 4.52. The highest BCUT2D eigenvalue weighted by Crippen LogP contribution is 2.43. The summed E-state index contributed by atoms with van der Waals surface area (Å²) in [6.45, 7) is 13.2. The monoisotopic (exact) mass is 610 g/mol. The van der Waals surface area contributed by atoms with Gasteiger partial charge in [-0.1, -0.05) is 18.0 Å². The van der Waals surface area contributed by atoms with Crippen LogP contribution in [0.15, 0.2) is 42.6 Å². The van der Waals surface area contributed by atoms with E-state index in [4.69, 9.17) is 9.47 Å². The zero-order chi connectivity index (χ0) is 31.4. The number of nitrogens with zero attached hydrogens (tertiary/aromatic N) is 3. The highest BCUT2D eigenvalue weighted by Gasteiger charge is 2.44. The number of hydrogen-bond acceptors (Lipinski definition) is 9. The molecule has 0 unspecified atom stereocenters. The minimum atomic E-state index is -0.534. The third-order valence-electron chi connectivity index (χ3n) is 8.19. The Labute approximate surface area is 260 Å². The maximum absolute atomic E-state index is 12.8. The van der Waals surface area contributed by atoms with Crippen molar-refractivity contribution in [2.75, 3.05) is 59.0 Å². The number of esters is 1. The van der Waals surface area contributed by atoms with Gasteiger partial charge >= 0.3 is 12.1 Å². The molecule has 9 nitrogen and oxygen atoms in total. The second-order valence-corrected chi connectivity index (χ2v) is 13.3. The number of ether oxygens (including phenoxy) is 3. The van der Waals surface area contributed by atoms with Gasteiger partial charge in [0, 0.05) is 54.9 Å². The fourth-order valence-corrected chi connectivity index (χ4v) is 6.65. The molecule has 43 heavy (non-hydrogen) atoms. The molecule has 2 aliphatic heterocycles. The summed E-state index contributed by atoms with van der Waals surface area (Å²) in [6.07, 6.45) is 6.15. The molecule has 3 heterocycles. The van der Waals surface area contributed by atoms with Gasteiger partial charge in [0.05, 0.1) is 25.3 Å². The molecule has 0 amide bonds. The summed E-state index contributed by atoms with van der Waals surface area (Å²) in [5.74, 6) is 0.580. The van der Waals surface area contributed by atoms with Gasteiger partial charge in [-0.25, -0.2) is 13.9 Å². The molecule has 1 spiro atoms. The Bertz CT molecular complexity index is 1430. The van der Waals surface area contributed by atoms with Crippen LogP contribution in [0.1, 0.15) is 55.1 Å². The van der Waals surface area contributed by atoms with Crippen molar-refractivity contribution in [2.45, 2.75) is 52.7 Å². The highest BCUT2D eigenvalue weighted by atomic mass is 32.2. The van der Waals surface area contributed by atoms with Crippen molar-refractivity contribution in [1.29, 1.82) is 0 Å². The van der Waals surface area contributed by atoms with E-state index in [0.29, 0.717) is 11.0 Å². The number of methoxy groups -OCH3 is 2. The van der Waals surface area contributed by atoms with Gasteiger partial charge in [0.25, 0.3) is 0 Å². The van der Waals surface area contributed by atoms with Crippen LogP contribution in [0, 0.1) is 12.3 Å². The van der Waals surface area contributed by atoms with Crippen LogP contribution in [0.3, 0.4) is 0 Å². The van der Waals surface area contributed by atoms with Crippen molar-refractivity contribution in [2.24, 2.45) is 5.41 Å². The number of anilines is 1. The first-order chi connectivity index (χ1) is 20.4. The van der Waals surface area contributed by atoms with E-state index in [1.165, 1.54) is 33.0 Å². The van der Waals surface area contributed by atoms with E-state index in [-0.39, 0.29) is 12.1 Å². The molecular formula is C33H46N4O5S. The first-order valence-corrected chi connectivity index (χ1v) is 15.9. The molecule has 0 bridgehead atoms. The Morgan fingerprint density at radius 3 is 2.35 bits per heavy atom. The third kappa shape index (κ3) is 7.66. The average molecular weight is 611 g/mol. The SMILES string of the molecule is CNc1cccc(C(=O)OC)c1.COc1cc(C)c2c(ccn2C(=O)OC(C)(C)C)c1CN1CCC2(CC1)CN(SC)C2. The first kappa shape index (κ1) is 32.7. The van der Waals surface area contributed by atoms with Gasteiger partial charge in [-0.3, -0.25) is 9.47 Å². The van der Waals surface area contributed by atoms with Crippen molar-refractivity contribution >= 4 is 40.6 Å². The Morgan fingerprint density at radius 2 is 1.77 bits per heavy atom. The molecule has 1 aromatic heterocycles. The zero-order valence-electron chi connectivity index (χ0n) is 26.8. The maximum atomic E-state index is 12.8. The lowest BCUT2D eigenvalue weighted by atomic mass is 9.73. The van der Waals surface area contributed by atoms with Crippen molar-refractivity contribution in [3.63, 3.8) is 0 Å². The van der Waals surface area contributed by atoms with Gasteiger partial charge in [0.15, 0.2) is 0 Å². The van der Waals surface area contributed by atoms with E-state index < -0.39 is 5.60 Å². The second kappa shape index (κ2) is 13.6. The van der Waals surface area contributed by atoms with Crippen LogP contribution in [-0.2, 0) is 16.0 Å². The number of aromatic nitrogens is 1. The topological polar surface area (TPSA) is 85.3 Å². The van der Waals surface area contributed by atoms with Crippen LogP contribution in [0.2, 0.25) is 0 Å². The van der Waals surface area contributed by atoms with E-state index in [2.05, 4.69) is 25.5 Å². The first-order valence-electron chi connectivity index (χ1n) is 14.7.